The lowest BCUT2D eigenvalue weighted by molar-refractivity contribution is 0.243. The number of aryl methyl sites for hydroxylation is 2. The van der Waals surface area contributed by atoms with Gasteiger partial charge in [0, 0.05) is 17.6 Å². The molecule has 1 aromatic carbocycles. The van der Waals surface area contributed by atoms with Crippen molar-refractivity contribution in [1.29, 1.82) is 0 Å². The molecule has 1 unspecified atom stereocenters. The van der Waals surface area contributed by atoms with Crippen molar-refractivity contribution in [2.45, 2.75) is 26.4 Å². The van der Waals surface area contributed by atoms with Gasteiger partial charge in [-0.05, 0) is 19.4 Å². The van der Waals surface area contributed by atoms with E-state index in [0.29, 0.717) is 6.54 Å². The standard InChI is InChI=1S/C16H19N3OS/c1-11-9-19-15(12(2)18-16(19)21-11)8-17-14(10-20)13-6-4-3-5-7-13/h3-7,9,14,17,20H,8,10H2,1-2H3. The summed E-state index contributed by atoms with van der Waals surface area (Å²) in [6.07, 6.45) is 2.12. The molecule has 0 aliphatic carbocycles. The second-order valence-electron chi connectivity index (χ2n) is 5.17. The molecular weight excluding hydrogens is 282 g/mol. The van der Waals surface area contributed by atoms with Crippen LogP contribution in [-0.2, 0) is 6.54 Å². The minimum atomic E-state index is -0.0594. The van der Waals surface area contributed by atoms with E-state index in [1.54, 1.807) is 11.3 Å². The number of thiazole rings is 1. The van der Waals surface area contributed by atoms with Crippen molar-refractivity contribution in [3.8, 4) is 0 Å². The Morgan fingerprint density at radius 3 is 2.76 bits per heavy atom. The Balaban J connectivity index is 1.80. The molecule has 21 heavy (non-hydrogen) atoms. The molecule has 0 spiro atoms. The number of imidazole rings is 1. The maximum atomic E-state index is 9.61. The Morgan fingerprint density at radius 1 is 1.29 bits per heavy atom. The maximum Gasteiger partial charge on any atom is 0.194 e. The topological polar surface area (TPSA) is 49.6 Å². The summed E-state index contributed by atoms with van der Waals surface area (Å²) in [7, 11) is 0. The third-order valence-corrected chi connectivity index (χ3v) is 4.54. The molecule has 0 bridgehead atoms. The molecule has 0 aliphatic heterocycles. The highest BCUT2D eigenvalue weighted by atomic mass is 32.1. The summed E-state index contributed by atoms with van der Waals surface area (Å²) in [5, 5.41) is 13.0. The third kappa shape index (κ3) is 2.85. The Kier molecular flexibility index (Phi) is 4.05. The molecule has 0 fully saturated rings. The predicted octanol–water partition coefficient (Wildman–Crippen LogP) is 2.84. The number of hydrogen-bond acceptors (Lipinski definition) is 4. The zero-order valence-corrected chi connectivity index (χ0v) is 13.0. The summed E-state index contributed by atoms with van der Waals surface area (Å²) >= 11 is 1.70. The van der Waals surface area contributed by atoms with E-state index >= 15 is 0 Å². The van der Waals surface area contributed by atoms with E-state index in [-0.39, 0.29) is 12.6 Å². The van der Waals surface area contributed by atoms with E-state index in [9.17, 15) is 5.11 Å². The number of aliphatic hydroxyl groups excluding tert-OH is 1. The molecule has 0 aliphatic rings. The summed E-state index contributed by atoms with van der Waals surface area (Å²) in [5.74, 6) is 0. The summed E-state index contributed by atoms with van der Waals surface area (Å²) in [5.41, 5.74) is 3.29. The molecule has 3 aromatic rings. The number of aromatic nitrogens is 2. The normalized spacial score (nSPS) is 12.9. The van der Waals surface area contributed by atoms with Crippen LogP contribution in [-0.4, -0.2) is 21.1 Å². The highest BCUT2D eigenvalue weighted by Gasteiger charge is 2.14. The lowest BCUT2D eigenvalue weighted by Gasteiger charge is -2.16. The second-order valence-corrected chi connectivity index (χ2v) is 6.38. The van der Waals surface area contributed by atoms with Crippen LogP contribution >= 0.6 is 11.3 Å². The van der Waals surface area contributed by atoms with Gasteiger partial charge in [0.1, 0.15) is 0 Å². The molecule has 110 valence electrons. The molecule has 2 heterocycles. The number of nitrogens with zero attached hydrogens (tertiary/aromatic N) is 2. The Bertz CT molecular complexity index is 733. The smallest absolute Gasteiger partial charge is 0.194 e. The fraction of sp³-hybridized carbons (Fsp3) is 0.312. The lowest BCUT2D eigenvalue weighted by atomic mass is 10.1. The van der Waals surface area contributed by atoms with Crippen LogP contribution in [0.5, 0.6) is 0 Å². The first-order valence-electron chi connectivity index (χ1n) is 7.02. The van der Waals surface area contributed by atoms with E-state index in [4.69, 9.17) is 0 Å². The molecular formula is C16H19N3OS. The van der Waals surface area contributed by atoms with Gasteiger partial charge in [-0.15, -0.1) is 11.3 Å². The number of aliphatic hydroxyl groups is 1. The van der Waals surface area contributed by atoms with Gasteiger partial charge >= 0.3 is 0 Å². The van der Waals surface area contributed by atoms with Crippen molar-refractivity contribution >= 4 is 16.3 Å². The van der Waals surface area contributed by atoms with Crippen molar-refractivity contribution < 1.29 is 5.11 Å². The first-order valence-corrected chi connectivity index (χ1v) is 7.84. The van der Waals surface area contributed by atoms with Crippen LogP contribution in [0, 0.1) is 13.8 Å². The van der Waals surface area contributed by atoms with E-state index in [1.165, 1.54) is 4.88 Å². The van der Waals surface area contributed by atoms with Crippen LogP contribution < -0.4 is 5.32 Å². The zero-order valence-electron chi connectivity index (χ0n) is 12.2. The summed E-state index contributed by atoms with van der Waals surface area (Å²) in [6, 6.07) is 9.96. The summed E-state index contributed by atoms with van der Waals surface area (Å²) in [4.78, 5) is 6.87. The summed E-state index contributed by atoms with van der Waals surface area (Å²) < 4.78 is 2.14. The fourth-order valence-corrected chi connectivity index (χ4v) is 3.40. The molecule has 0 amide bonds. The second kappa shape index (κ2) is 5.97. The number of fused-ring (bicyclic) bond motifs is 1. The molecule has 3 rings (SSSR count). The third-order valence-electron chi connectivity index (χ3n) is 3.64. The average molecular weight is 301 g/mol. The van der Waals surface area contributed by atoms with Gasteiger partial charge in [0.2, 0.25) is 0 Å². The van der Waals surface area contributed by atoms with E-state index in [2.05, 4.69) is 27.8 Å². The number of hydrogen-bond donors (Lipinski definition) is 2. The van der Waals surface area contributed by atoms with Crippen LogP contribution in [0.1, 0.15) is 27.9 Å². The quantitative estimate of drug-likeness (QED) is 0.762. The van der Waals surface area contributed by atoms with Crippen molar-refractivity contribution in [2.24, 2.45) is 0 Å². The Labute approximate surface area is 128 Å². The molecule has 1 atom stereocenters. The van der Waals surface area contributed by atoms with Gasteiger partial charge in [-0.25, -0.2) is 4.98 Å². The molecule has 2 aromatic heterocycles. The number of benzene rings is 1. The van der Waals surface area contributed by atoms with Gasteiger partial charge < -0.3 is 10.4 Å². The summed E-state index contributed by atoms with van der Waals surface area (Å²) in [6.45, 7) is 4.88. The van der Waals surface area contributed by atoms with Crippen LogP contribution in [0.3, 0.4) is 0 Å². The van der Waals surface area contributed by atoms with Crippen molar-refractivity contribution in [1.82, 2.24) is 14.7 Å². The van der Waals surface area contributed by atoms with Crippen LogP contribution in [0.2, 0.25) is 0 Å². The zero-order chi connectivity index (χ0) is 14.8. The van der Waals surface area contributed by atoms with Gasteiger partial charge in [0.15, 0.2) is 4.96 Å². The highest BCUT2D eigenvalue weighted by molar-refractivity contribution is 7.17. The number of nitrogens with one attached hydrogen (secondary N) is 1. The number of rotatable bonds is 5. The molecule has 4 nitrogen and oxygen atoms in total. The van der Waals surface area contributed by atoms with E-state index < -0.39 is 0 Å². The van der Waals surface area contributed by atoms with Crippen LogP contribution in [0.4, 0.5) is 0 Å². The Morgan fingerprint density at radius 2 is 2.05 bits per heavy atom. The molecule has 0 saturated carbocycles. The molecule has 0 saturated heterocycles. The highest BCUT2D eigenvalue weighted by Crippen LogP contribution is 2.21. The predicted molar refractivity (Wildman–Crippen MR) is 85.7 cm³/mol. The fourth-order valence-electron chi connectivity index (χ4n) is 2.52. The average Bonchev–Trinajstić information content (AvgIpc) is 2.97. The van der Waals surface area contributed by atoms with Crippen LogP contribution in [0.25, 0.3) is 4.96 Å². The molecule has 2 N–H and O–H groups in total. The van der Waals surface area contributed by atoms with Gasteiger partial charge in [0.25, 0.3) is 0 Å². The Hall–Kier alpha value is -1.69. The lowest BCUT2D eigenvalue weighted by Crippen LogP contribution is -2.24. The van der Waals surface area contributed by atoms with E-state index in [0.717, 1.165) is 21.9 Å². The minimum Gasteiger partial charge on any atom is -0.394 e. The van der Waals surface area contributed by atoms with Gasteiger partial charge in [0.05, 0.1) is 24.0 Å². The van der Waals surface area contributed by atoms with Gasteiger partial charge in [-0.2, -0.15) is 0 Å². The van der Waals surface area contributed by atoms with Crippen molar-refractivity contribution in [3.05, 3.63) is 58.4 Å². The van der Waals surface area contributed by atoms with Crippen molar-refractivity contribution in [2.75, 3.05) is 6.61 Å². The first kappa shape index (κ1) is 14.3. The largest absolute Gasteiger partial charge is 0.394 e. The van der Waals surface area contributed by atoms with E-state index in [1.807, 2.05) is 37.3 Å². The monoisotopic (exact) mass is 301 g/mol. The first-order chi connectivity index (χ1) is 10.2. The minimum absolute atomic E-state index is 0.0594. The van der Waals surface area contributed by atoms with Gasteiger partial charge in [-0.1, -0.05) is 30.3 Å². The SMILES string of the molecule is Cc1cn2c(CNC(CO)c3ccccc3)c(C)nc2s1. The van der Waals surface area contributed by atoms with Crippen LogP contribution in [0.15, 0.2) is 36.5 Å². The van der Waals surface area contributed by atoms with Gasteiger partial charge in [-0.3, -0.25) is 4.40 Å². The molecule has 5 heteroatoms. The maximum absolute atomic E-state index is 9.61. The molecule has 0 radical (unpaired) electrons. The van der Waals surface area contributed by atoms with Crippen molar-refractivity contribution in [3.63, 3.8) is 0 Å².